The first-order chi connectivity index (χ1) is 12.6. The molecule has 3 aromatic rings. The molecule has 4 rings (SSSR count). The Bertz CT molecular complexity index is 891. The van der Waals surface area contributed by atoms with E-state index >= 15 is 0 Å². The van der Waals surface area contributed by atoms with Crippen LogP contribution in [0, 0.1) is 26.7 Å². The quantitative estimate of drug-likeness (QED) is 0.759. The number of likely N-dealkylation sites (tertiary alicyclic amines) is 1. The molecule has 1 aliphatic rings. The molecule has 0 aromatic carbocycles. The molecule has 0 bridgehead atoms. The highest BCUT2D eigenvalue weighted by atomic mass is 16.3. The number of aromatic nitrogens is 4. The number of hydrogen-bond acceptors (Lipinski definition) is 6. The number of anilines is 1. The van der Waals surface area contributed by atoms with Crippen LogP contribution in [0.1, 0.15) is 35.6 Å². The van der Waals surface area contributed by atoms with E-state index in [0.717, 1.165) is 60.3 Å². The Morgan fingerprint density at radius 2 is 2.00 bits per heavy atom. The highest BCUT2D eigenvalue weighted by Crippen LogP contribution is 2.24. The fourth-order valence-corrected chi connectivity index (χ4v) is 3.65. The Balaban J connectivity index is 1.34. The second-order valence-electron chi connectivity index (χ2n) is 7.30. The molecule has 0 amide bonds. The van der Waals surface area contributed by atoms with Gasteiger partial charge in [0.1, 0.15) is 17.8 Å². The summed E-state index contributed by atoms with van der Waals surface area (Å²) in [4.78, 5) is 2.48. The first-order valence-electron chi connectivity index (χ1n) is 9.29. The molecule has 0 saturated carbocycles. The summed E-state index contributed by atoms with van der Waals surface area (Å²) in [5.74, 6) is 2.72. The largest absolute Gasteiger partial charge is 0.465 e. The Labute approximate surface area is 153 Å². The van der Waals surface area contributed by atoms with Gasteiger partial charge in [-0.1, -0.05) is 0 Å². The molecule has 0 radical (unpaired) electrons. The van der Waals surface area contributed by atoms with Gasteiger partial charge in [-0.05, 0) is 70.3 Å². The minimum absolute atomic E-state index is 0.667. The minimum Gasteiger partial charge on any atom is -0.465 e. The van der Waals surface area contributed by atoms with E-state index in [2.05, 4.69) is 38.5 Å². The van der Waals surface area contributed by atoms with Gasteiger partial charge in [-0.2, -0.15) is 9.61 Å². The van der Waals surface area contributed by atoms with Crippen LogP contribution in [0.15, 0.2) is 22.9 Å². The first kappa shape index (κ1) is 17.0. The number of hydrogen-bond donors (Lipinski definition) is 1. The lowest BCUT2D eigenvalue weighted by atomic mass is 9.96. The van der Waals surface area contributed by atoms with Gasteiger partial charge in [0.25, 0.3) is 0 Å². The van der Waals surface area contributed by atoms with Crippen LogP contribution in [-0.4, -0.2) is 44.3 Å². The second-order valence-corrected chi connectivity index (χ2v) is 7.30. The zero-order valence-electron chi connectivity index (χ0n) is 15.7. The van der Waals surface area contributed by atoms with Crippen molar-refractivity contribution in [3.63, 3.8) is 0 Å². The van der Waals surface area contributed by atoms with E-state index < -0.39 is 0 Å². The van der Waals surface area contributed by atoms with Gasteiger partial charge in [-0.3, -0.25) is 4.90 Å². The smallest absolute Gasteiger partial charge is 0.200 e. The number of furan rings is 1. The first-order valence-corrected chi connectivity index (χ1v) is 9.29. The second kappa shape index (κ2) is 7.07. The van der Waals surface area contributed by atoms with E-state index in [1.807, 2.05) is 19.9 Å². The molecule has 1 N–H and O–H groups in total. The van der Waals surface area contributed by atoms with Crippen LogP contribution in [0.2, 0.25) is 0 Å². The van der Waals surface area contributed by atoms with Gasteiger partial charge in [0.15, 0.2) is 0 Å². The molecule has 1 fully saturated rings. The topological polar surface area (TPSA) is 71.5 Å². The van der Waals surface area contributed by atoms with Crippen molar-refractivity contribution < 1.29 is 4.42 Å². The van der Waals surface area contributed by atoms with Crippen LogP contribution in [0.3, 0.4) is 0 Å². The fourth-order valence-electron chi connectivity index (χ4n) is 3.65. The van der Waals surface area contributed by atoms with Gasteiger partial charge >= 0.3 is 0 Å². The monoisotopic (exact) mass is 354 g/mol. The molecular formula is C19H26N6O. The van der Waals surface area contributed by atoms with E-state index in [-0.39, 0.29) is 0 Å². The lowest BCUT2D eigenvalue weighted by Crippen LogP contribution is -2.35. The van der Waals surface area contributed by atoms with Crippen molar-refractivity contribution >= 4 is 11.3 Å². The summed E-state index contributed by atoms with van der Waals surface area (Å²) >= 11 is 0. The van der Waals surface area contributed by atoms with Crippen LogP contribution in [0.4, 0.5) is 5.69 Å². The molecule has 0 atom stereocenters. The number of nitrogens with one attached hydrogen (secondary N) is 1. The maximum atomic E-state index is 5.70. The molecule has 4 heterocycles. The molecule has 26 heavy (non-hydrogen) atoms. The molecule has 1 saturated heterocycles. The minimum atomic E-state index is 0.667. The van der Waals surface area contributed by atoms with Gasteiger partial charge in [0.2, 0.25) is 5.65 Å². The van der Waals surface area contributed by atoms with E-state index in [1.165, 1.54) is 12.8 Å². The number of fused-ring (bicyclic) bond motifs is 1. The van der Waals surface area contributed by atoms with Crippen LogP contribution >= 0.6 is 0 Å². The van der Waals surface area contributed by atoms with Gasteiger partial charge in [-0.25, -0.2) is 0 Å². The number of aryl methyl sites for hydroxylation is 2. The summed E-state index contributed by atoms with van der Waals surface area (Å²) in [7, 11) is 0. The normalized spacial score (nSPS) is 16.4. The standard InChI is InChI=1S/C19H26N6O/c1-13-4-5-17(26-13)11-24-8-6-16(7-9-24)10-20-18-14(2)15(3)23-25-12-21-22-19(18)25/h4-5,12,16,20H,6-11H2,1-3H3. The Hall–Kier alpha value is -2.41. The van der Waals surface area contributed by atoms with Crippen molar-refractivity contribution in [1.29, 1.82) is 0 Å². The summed E-state index contributed by atoms with van der Waals surface area (Å²) < 4.78 is 7.45. The SMILES string of the molecule is Cc1ccc(CN2CCC(CNc3c(C)c(C)nn4cnnc34)CC2)o1. The Kier molecular flexibility index (Phi) is 4.63. The van der Waals surface area contributed by atoms with Crippen molar-refractivity contribution in [1.82, 2.24) is 24.7 Å². The van der Waals surface area contributed by atoms with Gasteiger partial charge < -0.3 is 9.73 Å². The van der Waals surface area contributed by atoms with Crippen LogP contribution < -0.4 is 5.32 Å². The van der Waals surface area contributed by atoms with E-state index in [1.54, 1.807) is 10.8 Å². The summed E-state index contributed by atoms with van der Waals surface area (Å²) in [5, 5.41) is 16.3. The lowest BCUT2D eigenvalue weighted by molar-refractivity contribution is 0.170. The van der Waals surface area contributed by atoms with Crippen molar-refractivity contribution in [2.75, 3.05) is 25.0 Å². The average molecular weight is 354 g/mol. The molecule has 1 aliphatic heterocycles. The molecule has 3 aromatic heterocycles. The zero-order chi connectivity index (χ0) is 18.1. The van der Waals surface area contributed by atoms with Crippen molar-refractivity contribution in [3.8, 4) is 0 Å². The van der Waals surface area contributed by atoms with Gasteiger partial charge in [0, 0.05) is 6.54 Å². The van der Waals surface area contributed by atoms with Gasteiger partial charge in [0.05, 0.1) is 17.9 Å². The molecule has 7 heteroatoms. The lowest BCUT2D eigenvalue weighted by Gasteiger charge is -2.31. The van der Waals surface area contributed by atoms with Crippen LogP contribution in [-0.2, 0) is 6.54 Å². The average Bonchev–Trinajstić information content (AvgIpc) is 3.25. The molecule has 0 spiro atoms. The summed E-state index contributed by atoms with van der Waals surface area (Å²) in [5.41, 5.74) is 4.02. The highest BCUT2D eigenvalue weighted by Gasteiger charge is 2.21. The van der Waals surface area contributed by atoms with E-state index in [4.69, 9.17) is 4.42 Å². The fraction of sp³-hybridized carbons (Fsp3) is 0.526. The van der Waals surface area contributed by atoms with Crippen LogP contribution in [0.25, 0.3) is 5.65 Å². The molecule has 0 unspecified atom stereocenters. The molecule has 138 valence electrons. The maximum Gasteiger partial charge on any atom is 0.200 e. The highest BCUT2D eigenvalue weighted by molar-refractivity contribution is 5.71. The summed E-state index contributed by atoms with van der Waals surface area (Å²) in [6, 6.07) is 4.12. The predicted molar refractivity (Wildman–Crippen MR) is 100 cm³/mol. The maximum absolute atomic E-state index is 5.70. The Morgan fingerprint density at radius 3 is 2.73 bits per heavy atom. The van der Waals surface area contributed by atoms with E-state index in [9.17, 15) is 0 Å². The van der Waals surface area contributed by atoms with Crippen molar-refractivity contribution in [2.45, 2.75) is 40.2 Å². The number of piperidine rings is 1. The third-order valence-electron chi connectivity index (χ3n) is 5.38. The van der Waals surface area contributed by atoms with Crippen LogP contribution in [0.5, 0.6) is 0 Å². The van der Waals surface area contributed by atoms with Crippen molar-refractivity contribution in [2.24, 2.45) is 5.92 Å². The summed E-state index contributed by atoms with van der Waals surface area (Å²) in [6.07, 6.45) is 4.04. The predicted octanol–water partition coefficient (Wildman–Crippen LogP) is 2.97. The van der Waals surface area contributed by atoms with E-state index in [0.29, 0.717) is 5.92 Å². The molecular weight excluding hydrogens is 328 g/mol. The number of nitrogens with zero attached hydrogens (tertiary/aromatic N) is 5. The molecule has 7 nitrogen and oxygen atoms in total. The summed E-state index contributed by atoms with van der Waals surface area (Å²) in [6.45, 7) is 10.2. The molecule has 0 aliphatic carbocycles. The third-order valence-corrected chi connectivity index (χ3v) is 5.38. The zero-order valence-corrected chi connectivity index (χ0v) is 15.7. The third kappa shape index (κ3) is 3.44. The number of rotatable bonds is 5. The van der Waals surface area contributed by atoms with Gasteiger partial charge in [-0.15, -0.1) is 10.2 Å². The van der Waals surface area contributed by atoms with Crippen molar-refractivity contribution in [3.05, 3.63) is 41.2 Å². The Morgan fingerprint density at radius 1 is 1.19 bits per heavy atom.